The third kappa shape index (κ3) is 2.85. The van der Waals surface area contributed by atoms with Crippen molar-refractivity contribution in [1.29, 1.82) is 0 Å². The molecule has 1 fully saturated rings. The van der Waals surface area contributed by atoms with Crippen LogP contribution < -0.4 is 5.32 Å². The van der Waals surface area contributed by atoms with Crippen molar-refractivity contribution in [3.63, 3.8) is 0 Å². The Morgan fingerprint density at radius 3 is 2.69 bits per heavy atom. The summed E-state index contributed by atoms with van der Waals surface area (Å²) in [7, 11) is 0. The first-order chi connectivity index (χ1) is 7.75. The molecule has 0 atom stereocenters. The molecule has 5 nitrogen and oxygen atoms in total. The highest BCUT2D eigenvalue weighted by Gasteiger charge is 2.14. The van der Waals surface area contributed by atoms with Gasteiger partial charge in [-0.05, 0) is 36.5 Å². The lowest BCUT2D eigenvalue weighted by Gasteiger charge is -2.22. The second kappa shape index (κ2) is 5.16. The van der Waals surface area contributed by atoms with Gasteiger partial charge in [0.2, 0.25) is 0 Å². The summed E-state index contributed by atoms with van der Waals surface area (Å²) in [6.45, 7) is 0. The molecule has 2 rings (SSSR count). The maximum absolute atomic E-state index is 10.6. The van der Waals surface area contributed by atoms with Gasteiger partial charge < -0.3 is 10.4 Å². The third-order valence-electron chi connectivity index (χ3n) is 2.46. The van der Waals surface area contributed by atoms with Crippen molar-refractivity contribution in [3.8, 4) is 0 Å². The van der Waals surface area contributed by atoms with E-state index in [2.05, 4.69) is 15.5 Å². The number of hydrogen-bond acceptors (Lipinski definition) is 5. The quantitative estimate of drug-likeness (QED) is 0.832. The molecule has 0 aromatic carbocycles. The molecule has 0 amide bonds. The number of nitrogens with one attached hydrogen (secondary N) is 1. The van der Waals surface area contributed by atoms with E-state index in [1.54, 1.807) is 6.07 Å². The second-order valence-electron chi connectivity index (χ2n) is 3.64. The Morgan fingerprint density at radius 1 is 1.38 bits per heavy atom. The second-order valence-corrected chi connectivity index (χ2v) is 4.86. The summed E-state index contributed by atoms with van der Waals surface area (Å²) in [5, 5.41) is 19.4. The first-order valence-electron chi connectivity index (χ1n) is 5.17. The Morgan fingerprint density at radius 2 is 2.12 bits per heavy atom. The fraction of sp³-hybridized carbons (Fsp3) is 0.500. The molecule has 1 aliphatic rings. The fourth-order valence-corrected chi connectivity index (χ4v) is 2.68. The highest BCUT2D eigenvalue weighted by Crippen LogP contribution is 2.19. The summed E-state index contributed by atoms with van der Waals surface area (Å²) < 4.78 is 0. The molecule has 2 heterocycles. The number of aromatic nitrogens is 2. The molecule has 86 valence electrons. The topological polar surface area (TPSA) is 75.1 Å². The highest BCUT2D eigenvalue weighted by molar-refractivity contribution is 7.99. The first-order valence-corrected chi connectivity index (χ1v) is 6.32. The van der Waals surface area contributed by atoms with E-state index in [1.165, 1.54) is 6.07 Å². The molecule has 16 heavy (non-hydrogen) atoms. The number of hydrogen-bond donors (Lipinski definition) is 2. The van der Waals surface area contributed by atoms with Crippen LogP contribution in [0.15, 0.2) is 12.1 Å². The molecule has 2 N–H and O–H groups in total. The zero-order chi connectivity index (χ0) is 11.4. The van der Waals surface area contributed by atoms with E-state index in [9.17, 15) is 4.79 Å². The number of anilines is 1. The van der Waals surface area contributed by atoms with Crippen molar-refractivity contribution >= 4 is 23.5 Å². The number of carbonyl (C=O) groups is 1. The maximum Gasteiger partial charge on any atom is 0.356 e. The van der Waals surface area contributed by atoms with E-state index in [1.807, 2.05) is 11.8 Å². The summed E-state index contributed by atoms with van der Waals surface area (Å²) in [6.07, 6.45) is 2.24. The summed E-state index contributed by atoms with van der Waals surface area (Å²) >= 11 is 1.96. The number of rotatable bonds is 3. The highest BCUT2D eigenvalue weighted by atomic mass is 32.2. The molecule has 0 spiro atoms. The standard InChI is InChI=1S/C10H13N3O2S/c14-10(15)8-1-2-9(13-12-8)11-7-3-5-16-6-4-7/h1-2,7H,3-6H2,(H,11,13)(H,14,15). The number of carboxylic acid groups (broad SMARTS) is 1. The van der Waals surface area contributed by atoms with Crippen LogP contribution in [-0.4, -0.2) is 38.8 Å². The van der Waals surface area contributed by atoms with Gasteiger partial charge in [-0.3, -0.25) is 0 Å². The van der Waals surface area contributed by atoms with E-state index in [0.717, 1.165) is 24.3 Å². The summed E-state index contributed by atoms with van der Waals surface area (Å²) in [4.78, 5) is 10.6. The lowest BCUT2D eigenvalue weighted by atomic mass is 10.1. The van der Waals surface area contributed by atoms with Crippen LogP contribution in [0.2, 0.25) is 0 Å². The van der Waals surface area contributed by atoms with Gasteiger partial charge in [-0.2, -0.15) is 11.8 Å². The van der Waals surface area contributed by atoms with Crippen molar-refractivity contribution < 1.29 is 9.90 Å². The predicted molar refractivity (Wildman–Crippen MR) is 63.0 cm³/mol. The average molecular weight is 239 g/mol. The molecule has 0 unspecified atom stereocenters. The zero-order valence-electron chi connectivity index (χ0n) is 8.72. The molecule has 0 aliphatic carbocycles. The van der Waals surface area contributed by atoms with Crippen molar-refractivity contribution in [2.45, 2.75) is 18.9 Å². The van der Waals surface area contributed by atoms with E-state index in [-0.39, 0.29) is 5.69 Å². The molecular formula is C10H13N3O2S. The SMILES string of the molecule is O=C(O)c1ccc(NC2CCSCC2)nn1. The van der Waals surface area contributed by atoms with Gasteiger partial charge in [0.1, 0.15) is 5.82 Å². The Hall–Kier alpha value is -1.30. The largest absolute Gasteiger partial charge is 0.476 e. The van der Waals surface area contributed by atoms with Crippen LogP contribution in [0, 0.1) is 0 Å². The Bertz CT molecular complexity index is 363. The Balaban J connectivity index is 1.96. The predicted octanol–water partition coefficient (Wildman–Crippen LogP) is 1.48. The zero-order valence-corrected chi connectivity index (χ0v) is 9.54. The van der Waals surface area contributed by atoms with E-state index >= 15 is 0 Å². The van der Waals surface area contributed by atoms with Crippen LogP contribution >= 0.6 is 11.8 Å². The van der Waals surface area contributed by atoms with Crippen LogP contribution in [0.25, 0.3) is 0 Å². The molecule has 6 heteroatoms. The van der Waals surface area contributed by atoms with Crippen LogP contribution in [0.1, 0.15) is 23.3 Å². The fourth-order valence-electron chi connectivity index (χ4n) is 1.57. The van der Waals surface area contributed by atoms with Crippen LogP contribution in [0.4, 0.5) is 5.82 Å². The maximum atomic E-state index is 10.6. The van der Waals surface area contributed by atoms with Crippen LogP contribution in [0.5, 0.6) is 0 Å². The Kier molecular flexibility index (Phi) is 3.61. The number of thioether (sulfide) groups is 1. The molecule has 0 radical (unpaired) electrons. The van der Waals surface area contributed by atoms with E-state index < -0.39 is 5.97 Å². The van der Waals surface area contributed by atoms with Crippen molar-refractivity contribution in [2.75, 3.05) is 16.8 Å². The molecule has 1 saturated heterocycles. The number of nitrogens with zero attached hydrogens (tertiary/aromatic N) is 2. The van der Waals surface area contributed by atoms with Crippen molar-refractivity contribution in [1.82, 2.24) is 10.2 Å². The van der Waals surface area contributed by atoms with Gasteiger partial charge in [0, 0.05) is 6.04 Å². The van der Waals surface area contributed by atoms with Crippen molar-refractivity contribution in [2.24, 2.45) is 0 Å². The minimum absolute atomic E-state index is 0.0234. The summed E-state index contributed by atoms with van der Waals surface area (Å²) in [6, 6.07) is 3.57. The van der Waals surface area contributed by atoms with E-state index in [4.69, 9.17) is 5.11 Å². The minimum atomic E-state index is -1.05. The van der Waals surface area contributed by atoms with Gasteiger partial charge in [0.05, 0.1) is 0 Å². The van der Waals surface area contributed by atoms with Gasteiger partial charge in [-0.15, -0.1) is 10.2 Å². The summed E-state index contributed by atoms with van der Waals surface area (Å²) in [5.41, 5.74) is -0.0234. The van der Waals surface area contributed by atoms with Gasteiger partial charge in [-0.1, -0.05) is 0 Å². The lowest BCUT2D eigenvalue weighted by molar-refractivity contribution is 0.0689. The smallest absolute Gasteiger partial charge is 0.356 e. The van der Waals surface area contributed by atoms with Crippen LogP contribution in [-0.2, 0) is 0 Å². The van der Waals surface area contributed by atoms with Crippen LogP contribution in [0.3, 0.4) is 0 Å². The molecule has 1 aromatic heterocycles. The molecule has 1 aromatic rings. The van der Waals surface area contributed by atoms with Gasteiger partial charge in [-0.25, -0.2) is 4.79 Å². The molecule has 1 aliphatic heterocycles. The van der Waals surface area contributed by atoms with E-state index in [0.29, 0.717) is 11.9 Å². The third-order valence-corrected chi connectivity index (χ3v) is 3.51. The summed E-state index contributed by atoms with van der Waals surface area (Å²) in [5.74, 6) is 1.94. The Labute approximate surface area is 97.7 Å². The molecule has 0 bridgehead atoms. The number of aromatic carboxylic acids is 1. The normalized spacial score (nSPS) is 17.0. The average Bonchev–Trinajstić information content (AvgIpc) is 2.31. The molecule has 0 saturated carbocycles. The number of carboxylic acids is 1. The molecular weight excluding hydrogens is 226 g/mol. The van der Waals surface area contributed by atoms with Gasteiger partial charge in [0.25, 0.3) is 0 Å². The first kappa shape index (κ1) is 11.2. The monoisotopic (exact) mass is 239 g/mol. The minimum Gasteiger partial charge on any atom is -0.476 e. The lowest BCUT2D eigenvalue weighted by Crippen LogP contribution is -2.25. The van der Waals surface area contributed by atoms with Gasteiger partial charge >= 0.3 is 5.97 Å². The van der Waals surface area contributed by atoms with Gasteiger partial charge in [0.15, 0.2) is 5.69 Å². The van der Waals surface area contributed by atoms with Crippen molar-refractivity contribution in [3.05, 3.63) is 17.8 Å².